The molecule has 0 aromatic carbocycles. The van der Waals surface area contributed by atoms with Crippen molar-refractivity contribution in [3.63, 3.8) is 0 Å². The Hall–Kier alpha value is -0.520. The molecular weight excluding hydrogens is 132 g/mol. The maximum absolute atomic E-state index is 2.25. The van der Waals surface area contributed by atoms with Crippen molar-refractivity contribution < 1.29 is 0 Å². The van der Waals surface area contributed by atoms with Crippen molar-refractivity contribution in [1.29, 1.82) is 0 Å². The van der Waals surface area contributed by atoms with Crippen LogP contribution in [0.1, 0.15) is 47.5 Å². The lowest BCUT2D eigenvalue weighted by molar-refractivity contribution is 0.819. The highest BCUT2D eigenvalue weighted by Gasteiger charge is 1.94. The maximum atomic E-state index is 2.25. The van der Waals surface area contributed by atoms with Gasteiger partial charge in [-0.1, -0.05) is 45.1 Å². The number of rotatable bonds is 0. The van der Waals surface area contributed by atoms with Gasteiger partial charge in [-0.05, 0) is 26.2 Å². The third kappa shape index (κ3) is 5.90. The minimum absolute atomic E-state index is 0. The van der Waals surface area contributed by atoms with Gasteiger partial charge in [-0.2, -0.15) is 0 Å². The van der Waals surface area contributed by atoms with Crippen LogP contribution in [0, 0.1) is 0 Å². The molecule has 0 aromatic rings. The van der Waals surface area contributed by atoms with Crippen LogP contribution in [0.5, 0.6) is 0 Å². The van der Waals surface area contributed by atoms with Crippen molar-refractivity contribution in [1.82, 2.24) is 0 Å². The van der Waals surface area contributed by atoms with Crippen LogP contribution in [-0.2, 0) is 0 Å². The van der Waals surface area contributed by atoms with Gasteiger partial charge in [0.1, 0.15) is 0 Å². The van der Waals surface area contributed by atoms with Gasteiger partial charge in [-0.15, -0.1) is 0 Å². The normalized spacial score (nSPS) is 18.3. The molecule has 0 spiro atoms. The summed E-state index contributed by atoms with van der Waals surface area (Å²) >= 11 is 0. The van der Waals surface area contributed by atoms with Crippen molar-refractivity contribution in [3.05, 3.63) is 23.8 Å². The van der Waals surface area contributed by atoms with Gasteiger partial charge in [0.05, 0.1) is 0 Å². The Labute approximate surface area is 72.0 Å². The first-order valence-corrected chi connectivity index (χ1v) is 4.25. The maximum Gasteiger partial charge on any atom is -0.0279 e. The van der Waals surface area contributed by atoms with Crippen molar-refractivity contribution in [2.45, 2.75) is 47.5 Å². The highest BCUT2D eigenvalue weighted by Crippen LogP contribution is 2.14. The van der Waals surface area contributed by atoms with Crippen molar-refractivity contribution in [2.24, 2.45) is 0 Å². The SMILES string of the molecule is C.C/C=C1\C=CCCC1.CC. The van der Waals surface area contributed by atoms with E-state index in [-0.39, 0.29) is 7.43 Å². The molecule has 0 heterocycles. The standard InChI is InChI=1S/C8H12.C2H6.CH4/c1-2-8-6-4-3-5-7-8;1-2;/h2,4,6H,3,5,7H2,1H3;1-2H3;1H4/b8-2+;;. The molecule has 0 radical (unpaired) electrons. The predicted molar refractivity (Wildman–Crippen MR) is 54.8 cm³/mol. The summed E-state index contributed by atoms with van der Waals surface area (Å²) in [5, 5.41) is 0. The molecule has 0 aliphatic heterocycles. The molecule has 66 valence electrons. The average Bonchev–Trinajstić information content (AvgIpc) is 2.10. The van der Waals surface area contributed by atoms with Gasteiger partial charge in [-0.3, -0.25) is 0 Å². The van der Waals surface area contributed by atoms with Crippen molar-refractivity contribution >= 4 is 0 Å². The summed E-state index contributed by atoms with van der Waals surface area (Å²) < 4.78 is 0. The van der Waals surface area contributed by atoms with Crippen LogP contribution in [0.3, 0.4) is 0 Å². The summed E-state index contributed by atoms with van der Waals surface area (Å²) in [7, 11) is 0. The molecule has 0 aromatic heterocycles. The number of allylic oxidation sites excluding steroid dienone is 4. The summed E-state index contributed by atoms with van der Waals surface area (Å²) in [6, 6.07) is 0. The van der Waals surface area contributed by atoms with Crippen LogP contribution >= 0.6 is 0 Å². The fourth-order valence-electron chi connectivity index (χ4n) is 0.983. The summed E-state index contributed by atoms with van der Waals surface area (Å²) in [6.07, 6.45) is 10.6. The van der Waals surface area contributed by atoms with E-state index < -0.39 is 0 Å². The fourth-order valence-corrected chi connectivity index (χ4v) is 0.983. The second kappa shape index (κ2) is 9.48. The first kappa shape index (κ1) is 13.1. The Bertz CT molecular complexity index is 118. The molecule has 0 heteroatoms. The van der Waals surface area contributed by atoms with Crippen molar-refractivity contribution in [3.8, 4) is 0 Å². The van der Waals surface area contributed by atoms with Crippen LogP contribution in [0.25, 0.3) is 0 Å². The van der Waals surface area contributed by atoms with E-state index in [1.54, 1.807) is 0 Å². The second-order valence-electron chi connectivity index (χ2n) is 2.16. The van der Waals surface area contributed by atoms with Gasteiger partial charge in [0.15, 0.2) is 0 Å². The van der Waals surface area contributed by atoms with E-state index in [1.807, 2.05) is 13.8 Å². The predicted octanol–water partition coefficient (Wildman–Crippen LogP) is 4.34. The monoisotopic (exact) mass is 154 g/mol. The zero-order valence-electron chi connectivity index (χ0n) is 7.35. The Morgan fingerprint density at radius 2 is 2.00 bits per heavy atom. The Balaban J connectivity index is 0. The summed E-state index contributed by atoms with van der Waals surface area (Å²) in [5.41, 5.74) is 1.50. The molecular formula is C11H22. The van der Waals surface area contributed by atoms with Crippen LogP contribution in [0.4, 0.5) is 0 Å². The molecule has 1 aliphatic rings. The molecule has 0 saturated carbocycles. The largest absolute Gasteiger partial charge is 0.0845 e. The van der Waals surface area contributed by atoms with Gasteiger partial charge in [0.2, 0.25) is 0 Å². The molecule has 1 rings (SSSR count). The number of hydrogen-bond acceptors (Lipinski definition) is 0. The molecule has 0 bridgehead atoms. The van der Waals surface area contributed by atoms with Crippen LogP contribution < -0.4 is 0 Å². The quantitative estimate of drug-likeness (QED) is 0.487. The molecule has 0 amide bonds. The Kier molecular flexibility index (Phi) is 11.3. The molecule has 0 atom stereocenters. The van der Waals surface area contributed by atoms with E-state index in [2.05, 4.69) is 25.2 Å². The van der Waals surface area contributed by atoms with E-state index >= 15 is 0 Å². The molecule has 11 heavy (non-hydrogen) atoms. The summed E-state index contributed by atoms with van der Waals surface area (Å²) in [6.45, 7) is 6.10. The number of hydrogen-bond donors (Lipinski definition) is 0. The van der Waals surface area contributed by atoms with Gasteiger partial charge in [0, 0.05) is 0 Å². The molecule has 0 nitrogen and oxygen atoms in total. The molecule has 0 saturated heterocycles. The van der Waals surface area contributed by atoms with E-state index in [0.717, 1.165) is 0 Å². The Morgan fingerprint density at radius 3 is 2.27 bits per heavy atom. The van der Waals surface area contributed by atoms with E-state index in [1.165, 1.54) is 24.8 Å². The van der Waals surface area contributed by atoms with E-state index in [4.69, 9.17) is 0 Å². The van der Waals surface area contributed by atoms with Gasteiger partial charge in [-0.25, -0.2) is 0 Å². The van der Waals surface area contributed by atoms with Crippen molar-refractivity contribution in [2.75, 3.05) is 0 Å². The van der Waals surface area contributed by atoms with Crippen LogP contribution in [0.15, 0.2) is 23.8 Å². The lowest BCUT2D eigenvalue weighted by Crippen LogP contribution is -1.84. The molecule has 1 aliphatic carbocycles. The lowest BCUT2D eigenvalue weighted by Gasteiger charge is -2.04. The average molecular weight is 154 g/mol. The van der Waals surface area contributed by atoms with E-state index in [9.17, 15) is 0 Å². The second-order valence-corrected chi connectivity index (χ2v) is 2.16. The summed E-state index contributed by atoms with van der Waals surface area (Å²) in [5.74, 6) is 0. The molecule has 0 N–H and O–H groups in total. The smallest absolute Gasteiger partial charge is 0.0279 e. The van der Waals surface area contributed by atoms with Gasteiger partial charge in [0.25, 0.3) is 0 Å². The zero-order valence-corrected chi connectivity index (χ0v) is 7.35. The third-order valence-corrected chi connectivity index (χ3v) is 1.54. The minimum Gasteiger partial charge on any atom is -0.0845 e. The van der Waals surface area contributed by atoms with Gasteiger partial charge >= 0.3 is 0 Å². The summed E-state index contributed by atoms with van der Waals surface area (Å²) in [4.78, 5) is 0. The lowest BCUT2D eigenvalue weighted by atomic mass is 10.0. The third-order valence-electron chi connectivity index (χ3n) is 1.54. The molecule has 0 fully saturated rings. The Morgan fingerprint density at radius 1 is 1.36 bits per heavy atom. The molecule has 0 unspecified atom stereocenters. The first-order chi connectivity index (χ1) is 4.93. The highest BCUT2D eigenvalue weighted by atomic mass is 14.0. The zero-order chi connectivity index (χ0) is 7.82. The van der Waals surface area contributed by atoms with E-state index in [0.29, 0.717) is 0 Å². The first-order valence-electron chi connectivity index (χ1n) is 4.25. The highest BCUT2D eigenvalue weighted by molar-refractivity contribution is 5.20. The van der Waals surface area contributed by atoms with Gasteiger partial charge < -0.3 is 0 Å². The fraction of sp³-hybridized carbons (Fsp3) is 0.636. The topological polar surface area (TPSA) is 0 Å². The minimum atomic E-state index is 0. The van der Waals surface area contributed by atoms with Crippen LogP contribution in [0.2, 0.25) is 0 Å². The van der Waals surface area contributed by atoms with Crippen LogP contribution in [-0.4, -0.2) is 0 Å².